The van der Waals surface area contributed by atoms with Gasteiger partial charge in [0.25, 0.3) is 0 Å². The van der Waals surface area contributed by atoms with Crippen LogP contribution < -0.4 is 0 Å². The lowest BCUT2D eigenvalue weighted by Crippen LogP contribution is -2.31. The van der Waals surface area contributed by atoms with Gasteiger partial charge < -0.3 is 4.74 Å². The number of carbonyl (C=O) groups excluding carboxylic acids is 1. The third-order valence-electron chi connectivity index (χ3n) is 7.61. The maximum atomic E-state index is 11.5. The van der Waals surface area contributed by atoms with E-state index in [9.17, 15) is 4.79 Å². The molecule has 3 aliphatic rings. The van der Waals surface area contributed by atoms with E-state index in [1.54, 1.807) is 0 Å². The molecule has 3 rings (SSSR count). The van der Waals surface area contributed by atoms with Crippen molar-refractivity contribution < 1.29 is 9.53 Å². The maximum Gasteiger partial charge on any atom is 0.305 e. The number of hydrogen-bond donors (Lipinski definition) is 0. The number of rotatable bonds is 5. The molecular weight excluding hydrogens is 308 g/mol. The van der Waals surface area contributed by atoms with Crippen molar-refractivity contribution in [3.05, 3.63) is 12.7 Å². The molecule has 0 amide bonds. The van der Waals surface area contributed by atoms with Crippen molar-refractivity contribution in [3.8, 4) is 0 Å². The van der Waals surface area contributed by atoms with E-state index >= 15 is 0 Å². The van der Waals surface area contributed by atoms with E-state index in [1.807, 2.05) is 6.92 Å². The molecule has 0 saturated heterocycles. The average Bonchev–Trinajstić information content (AvgIpc) is 2.69. The van der Waals surface area contributed by atoms with Gasteiger partial charge in [-0.15, -0.1) is 6.58 Å². The molecular formula is C23H38O2. The summed E-state index contributed by atoms with van der Waals surface area (Å²) in [6, 6.07) is 0. The third-order valence-corrected chi connectivity index (χ3v) is 7.61. The van der Waals surface area contributed by atoms with Gasteiger partial charge in [-0.25, -0.2) is 0 Å². The van der Waals surface area contributed by atoms with Crippen LogP contribution in [0.25, 0.3) is 0 Å². The van der Waals surface area contributed by atoms with E-state index in [0.29, 0.717) is 6.42 Å². The minimum Gasteiger partial charge on any atom is -0.462 e. The number of ether oxygens (including phenoxy) is 1. The molecule has 0 heterocycles. The molecule has 3 saturated carbocycles. The van der Waals surface area contributed by atoms with Crippen LogP contribution in [0.4, 0.5) is 0 Å². The van der Waals surface area contributed by atoms with Gasteiger partial charge in [-0.1, -0.05) is 13.0 Å². The second kappa shape index (κ2) is 9.24. The van der Waals surface area contributed by atoms with E-state index in [-0.39, 0.29) is 12.1 Å². The van der Waals surface area contributed by atoms with Gasteiger partial charge in [0, 0.05) is 6.42 Å². The lowest BCUT2D eigenvalue weighted by atomic mass is 9.65. The summed E-state index contributed by atoms with van der Waals surface area (Å²) in [7, 11) is 0. The zero-order valence-corrected chi connectivity index (χ0v) is 16.3. The topological polar surface area (TPSA) is 26.3 Å². The monoisotopic (exact) mass is 346 g/mol. The number of esters is 1. The molecule has 2 nitrogen and oxygen atoms in total. The molecule has 142 valence electrons. The molecule has 0 spiro atoms. The predicted molar refractivity (Wildman–Crippen MR) is 103 cm³/mol. The molecule has 0 bridgehead atoms. The molecule has 3 fully saturated rings. The van der Waals surface area contributed by atoms with Crippen molar-refractivity contribution in [2.75, 3.05) is 0 Å². The first-order valence-electron chi connectivity index (χ1n) is 11.0. The average molecular weight is 347 g/mol. The van der Waals surface area contributed by atoms with Crippen molar-refractivity contribution in [1.82, 2.24) is 0 Å². The first-order valence-corrected chi connectivity index (χ1v) is 11.0. The summed E-state index contributed by atoms with van der Waals surface area (Å²) in [6.07, 6.45) is 19.2. The van der Waals surface area contributed by atoms with Crippen LogP contribution in [-0.4, -0.2) is 12.1 Å². The van der Waals surface area contributed by atoms with Crippen LogP contribution in [0, 0.1) is 29.6 Å². The Hall–Kier alpha value is -0.790. The summed E-state index contributed by atoms with van der Waals surface area (Å²) in [5.74, 6) is 4.63. The smallest absolute Gasteiger partial charge is 0.305 e. The van der Waals surface area contributed by atoms with E-state index in [1.165, 1.54) is 64.2 Å². The Labute approximate surface area is 154 Å². The van der Waals surface area contributed by atoms with Crippen LogP contribution in [0.3, 0.4) is 0 Å². The van der Waals surface area contributed by atoms with Gasteiger partial charge in [0.1, 0.15) is 6.10 Å². The molecule has 0 aromatic rings. The normalized spacial score (nSPS) is 39.6. The van der Waals surface area contributed by atoms with E-state index in [4.69, 9.17) is 4.74 Å². The minimum absolute atomic E-state index is 0.0184. The Morgan fingerprint density at radius 1 is 0.800 bits per heavy atom. The summed E-state index contributed by atoms with van der Waals surface area (Å²) in [5.41, 5.74) is 0. The van der Waals surface area contributed by atoms with Gasteiger partial charge in [-0.3, -0.25) is 4.79 Å². The molecule has 0 aromatic carbocycles. The Morgan fingerprint density at radius 3 is 1.60 bits per heavy atom. The highest BCUT2D eigenvalue weighted by Crippen LogP contribution is 2.45. The van der Waals surface area contributed by atoms with Crippen molar-refractivity contribution in [1.29, 1.82) is 0 Å². The lowest BCUT2D eigenvalue weighted by molar-refractivity contribution is -0.150. The zero-order valence-electron chi connectivity index (χ0n) is 16.3. The number of carbonyl (C=O) groups is 1. The Morgan fingerprint density at radius 2 is 1.20 bits per heavy atom. The van der Waals surface area contributed by atoms with Crippen molar-refractivity contribution >= 4 is 5.97 Å². The largest absolute Gasteiger partial charge is 0.462 e. The summed E-state index contributed by atoms with van der Waals surface area (Å²) in [4.78, 5) is 11.5. The van der Waals surface area contributed by atoms with Gasteiger partial charge in [0.05, 0.1) is 0 Å². The van der Waals surface area contributed by atoms with Crippen molar-refractivity contribution in [2.45, 2.75) is 96.5 Å². The van der Waals surface area contributed by atoms with Crippen LogP contribution in [-0.2, 0) is 9.53 Å². The van der Waals surface area contributed by atoms with E-state index < -0.39 is 0 Å². The van der Waals surface area contributed by atoms with Crippen LogP contribution in [0.15, 0.2) is 12.7 Å². The van der Waals surface area contributed by atoms with Crippen LogP contribution in [0.5, 0.6) is 0 Å². The number of hydrogen-bond acceptors (Lipinski definition) is 2. The second-order valence-corrected chi connectivity index (χ2v) is 8.97. The highest BCUT2D eigenvalue weighted by atomic mass is 16.5. The van der Waals surface area contributed by atoms with Crippen molar-refractivity contribution in [2.24, 2.45) is 29.6 Å². The van der Waals surface area contributed by atoms with Gasteiger partial charge in [-0.2, -0.15) is 0 Å². The first kappa shape index (κ1) is 19.0. The molecule has 3 aliphatic carbocycles. The summed E-state index contributed by atoms with van der Waals surface area (Å²) < 4.78 is 5.54. The molecule has 0 aromatic heterocycles. The summed E-state index contributed by atoms with van der Waals surface area (Å²) >= 11 is 0. The van der Waals surface area contributed by atoms with E-state index in [2.05, 4.69) is 12.7 Å². The summed E-state index contributed by atoms with van der Waals surface area (Å²) in [5, 5.41) is 0. The molecule has 0 aliphatic heterocycles. The Balaban J connectivity index is 1.37. The Bertz CT molecular complexity index is 419. The van der Waals surface area contributed by atoms with Crippen LogP contribution in [0.1, 0.15) is 90.4 Å². The fourth-order valence-electron chi connectivity index (χ4n) is 5.89. The molecule has 25 heavy (non-hydrogen) atoms. The quantitative estimate of drug-likeness (QED) is 0.431. The van der Waals surface area contributed by atoms with E-state index in [0.717, 1.165) is 42.4 Å². The lowest BCUT2D eigenvalue weighted by Gasteiger charge is -2.41. The first-order chi connectivity index (χ1) is 12.2. The SMILES string of the molecule is C=CC1CCC(C2CCC(C3CCC(OC(=O)CC)CC3)CC2)CC1. The van der Waals surface area contributed by atoms with Gasteiger partial charge >= 0.3 is 5.97 Å². The van der Waals surface area contributed by atoms with Crippen LogP contribution >= 0.6 is 0 Å². The molecule has 2 heteroatoms. The van der Waals surface area contributed by atoms with Crippen LogP contribution in [0.2, 0.25) is 0 Å². The van der Waals surface area contributed by atoms with Crippen molar-refractivity contribution in [3.63, 3.8) is 0 Å². The fourth-order valence-corrected chi connectivity index (χ4v) is 5.89. The minimum atomic E-state index is -0.0184. The Kier molecular flexibility index (Phi) is 7.01. The molecule has 0 N–H and O–H groups in total. The second-order valence-electron chi connectivity index (χ2n) is 8.97. The van der Waals surface area contributed by atoms with Gasteiger partial charge in [-0.05, 0) is 107 Å². The molecule has 0 radical (unpaired) electrons. The molecule has 0 unspecified atom stereocenters. The summed E-state index contributed by atoms with van der Waals surface area (Å²) in [6.45, 7) is 5.87. The third kappa shape index (κ3) is 5.11. The standard InChI is InChI=1S/C23H38O2/c1-3-17-5-7-18(8-6-17)19-9-11-20(12-10-19)21-13-15-22(16-14-21)25-23(24)4-2/h3,17-22H,1,4-16H2,2H3. The number of allylic oxidation sites excluding steroid dienone is 1. The van der Waals surface area contributed by atoms with Gasteiger partial charge in [0.15, 0.2) is 0 Å². The maximum absolute atomic E-state index is 11.5. The fraction of sp³-hybridized carbons (Fsp3) is 0.870. The van der Waals surface area contributed by atoms with Gasteiger partial charge in [0.2, 0.25) is 0 Å². The highest BCUT2D eigenvalue weighted by Gasteiger charge is 2.34. The highest BCUT2D eigenvalue weighted by molar-refractivity contribution is 5.69. The predicted octanol–water partition coefficient (Wildman–Crippen LogP) is 6.30. The molecule has 0 atom stereocenters. The zero-order chi connectivity index (χ0) is 17.6.